The molecule has 7 aromatic carbocycles. The van der Waals surface area contributed by atoms with Crippen LogP contribution < -0.4 is 37.0 Å². The Labute approximate surface area is 650 Å². The van der Waals surface area contributed by atoms with Crippen molar-refractivity contribution in [2.75, 3.05) is 92.2 Å². The standard InChI is InChI=1S/C16H12N2O2.C15H17N3O3.C14H17N3O4S.C13H15N3O4S.C11H12N2O2.C10H7N3O/c19-15(13-9-5-2-6-10-13)18-16-14(11-17-20-16)12-7-3-1-4-8-12;1-18(2)14(20)9-8-13(19)17-15-12(10-16-21-15)11-6-4-3-5-7-11;1-17(22(2,19)20)9-8-13(18)16-14-12(10-15-21-14)11-6-4-3-5-7-11;1-21(18,19)15-8-7-12(17)16-13-11(9-14-20-13)10-5-3-2-4-6-10;14-7-6-12-11-10(8-13-15-11)9-4-2-1-3-5-9;11-5-7-1-3-8(4-2-7)9-6-13-14-10(9)12/h1-11H,(H,18,19);3-7,10H,8-9H2,1-2H3,(H,17,19);3-7,10H,8-9H2,1-2H3,(H,16,18);2-6,9,15H,7-8H2,1H3,(H,16,17);1-5,8,12,14H,6-7H2;1-4,6H,12H2. The number of nitrogens with two attached hydrogens (primary N) is 1. The molecule has 9 N–H and O–H groups in total. The number of nitrogen functional groups attached to an aromatic ring is 1. The number of hydrogen-bond acceptors (Lipinski definition) is 25. The van der Waals surface area contributed by atoms with Gasteiger partial charge < -0.3 is 48.2 Å². The molecule has 0 saturated carbocycles. The zero-order valence-electron chi connectivity index (χ0n) is 61.7. The summed E-state index contributed by atoms with van der Waals surface area (Å²) in [6, 6.07) is 65.8. The molecule has 584 valence electrons. The van der Waals surface area contributed by atoms with E-state index in [1.807, 2.05) is 176 Å². The van der Waals surface area contributed by atoms with E-state index in [1.54, 1.807) is 75.3 Å². The second-order valence-electron chi connectivity index (χ2n) is 24.1. The maximum Gasteiger partial charge on any atom is 0.258 e. The molecule has 0 aliphatic carbocycles. The summed E-state index contributed by atoms with van der Waals surface area (Å²) in [6.07, 6.45) is 11.8. The highest BCUT2D eigenvalue weighted by Crippen LogP contribution is 2.33. The first kappa shape index (κ1) is 84.6. The molecule has 5 amide bonds. The van der Waals surface area contributed by atoms with Crippen molar-refractivity contribution in [1.82, 2.24) is 44.9 Å². The van der Waals surface area contributed by atoms with Crippen LogP contribution >= 0.6 is 0 Å². The third-order valence-electron chi connectivity index (χ3n) is 15.6. The molecule has 0 radical (unpaired) electrons. The van der Waals surface area contributed by atoms with Gasteiger partial charge in [-0.15, -0.1) is 0 Å². The number of nitrogens with one attached hydrogen (secondary N) is 6. The van der Waals surface area contributed by atoms with Gasteiger partial charge in [-0.05, 0) is 57.6 Å². The summed E-state index contributed by atoms with van der Waals surface area (Å²) < 4.78 is 77.7. The van der Waals surface area contributed by atoms with Crippen LogP contribution in [0.15, 0.2) is 271 Å². The van der Waals surface area contributed by atoms with E-state index in [0.29, 0.717) is 52.0 Å². The number of aliphatic hydroxyl groups is 1. The number of aromatic nitrogens is 6. The van der Waals surface area contributed by atoms with Gasteiger partial charge >= 0.3 is 0 Å². The minimum atomic E-state index is -3.30. The Balaban J connectivity index is 0.000000171. The van der Waals surface area contributed by atoms with Crippen LogP contribution in [0.25, 0.3) is 66.8 Å². The fourth-order valence-electron chi connectivity index (χ4n) is 9.71. The number of nitrogens with zero attached hydrogens (tertiary/aromatic N) is 9. The zero-order chi connectivity index (χ0) is 81.0. The minimum Gasteiger partial charge on any atom is -0.395 e. The lowest BCUT2D eigenvalue weighted by Crippen LogP contribution is -2.29. The molecule has 0 bridgehead atoms. The number of hydrogen-bond donors (Lipinski definition) is 8. The van der Waals surface area contributed by atoms with Gasteiger partial charge in [0.25, 0.3) is 5.91 Å². The first-order chi connectivity index (χ1) is 54.5. The van der Waals surface area contributed by atoms with Crippen molar-refractivity contribution in [1.29, 1.82) is 5.26 Å². The van der Waals surface area contributed by atoms with E-state index < -0.39 is 20.0 Å². The molecule has 0 fully saturated rings. The smallest absolute Gasteiger partial charge is 0.258 e. The molecule has 0 aliphatic rings. The summed E-state index contributed by atoms with van der Waals surface area (Å²) in [4.78, 5) is 60.5. The average Bonchev–Trinajstić information content (AvgIpc) is 1.76. The predicted octanol–water partition coefficient (Wildman–Crippen LogP) is 12.1. The van der Waals surface area contributed by atoms with Gasteiger partial charge in [0, 0.05) is 72.0 Å². The van der Waals surface area contributed by atoms with Crippen LogP contribution in [0.2, 0.25) is 0 Å². The molecule has 0 spiro atoms. The molecular formula is C79H80N16O16S2. The average molecular weight is 1570 g/mol. The van der Waals surface area contributed by atoms with Gasteiger partial charge in [-0.1, -0.05) is 213 Å². The maximum absolute atomic E-state index is 12.1. The zero-order valence-corrected chi connectivity index (χ0v) is 63.4. The van der Waals surface area contributed by atoms with Crippen molar-refractivity contribution >= 4 is 84.9 Å². The lowest BCUT2D eigenvalue weighted by molar-refractivity contribution is -0.130. The third kappa shape index (κ3) is 27.6. The number of carbonyl (C=O) groups excluding carboxylic acids is 5. The Hall–Kier alpha value is -14.0. The van der Waals surface area contributed by atoms with Crippen molar-refractivity contribution in [3.8, 4) is 72.8 Å². The van der Waals surface area contributed by atoms with Crippen molar-refractivity contribution in [2.24, 2.45) is 0 Å². The number of benzene rings is 7. The first-order valence-electron chi connectivity index (χ1n) is 34.4. The molecule has 0 atom stereocenters. The van der Waals surface area contributed by atoms with E-state index in [2.05, 4.69) is 62.2 Å². The van der Waals surface area contributed by atoms with Crippen molar-refractivity contribution in [3.63, 3.8) is 0 Å². The fraction of sp³-hybridized carbons (Fsp3) is 0.165. The van der Waals surface area contributed by atoms with Gasteiger partial charge in [0.2, 0.25) is 79.0 Å². The van der Waals surface area contributed by atoms with E-state index >= 15 is 0 Å². The second kappa shape index (κ2) is 43.3. The van der Waals surface area contributed by atoms with Gasteiger partial charge in [-0.2, -0.15) is 5.26 Å². The van der Waals surface area contributed by atoms with Crippen LogP contribution in [0.4, 0.5) is 35.3 Å². The number of carbonyl (C=O) groups is 5. The van der Waals surface area contributed by atoms with E-state index in [-0.39, 0.29) is 92.6 Å². The molecule has 13 aromatic rings. The molecule has 0 saturated heterocycles. The highest BCUT2D eigenvalue weighted by Gasteiger charge is 2.20. The predicted molar refractivity (Wildman–Crippen MR) is 424 cm³/mol. The highest BCUT2D eigenvalue weighted by atomic mass is 32.2. The molecular weight excluding hydrogens is 1490 g/mol. The van der Waals surface area contributed by atoms with Crippen LogP contribution in [-0.2, 0) is 39.2 Å². The van der Waals surface area contributed by atoms with Gasteiger partial charge in [-0.3, -0.25) is 45.2 Å². The molecule has 34 heteroatoms. The second-order valence-corrected chi connectivity index (χ2v) is 28.0. The summed E-state index contributed by atoms with van der Waals surface area (Å²) in [5.74, 6) is 0.719. The van der Waals surface area contributed by atoms with E-state index in [9.17, 15) is 40.8 Å². The summed E-state index contributed by atoms with van der Waals surface area (Å²) in [6.45, 7) is 0.642. The number of aliphatic hydroxyl groups excluding tert-OH is 1. The Bertz CT molecular complexity index is 5390. The Morgan fingerprint density at radius 2 is 0.761 bits per heavy atom. The molecule has 113 heavy (non-hydrogen) atoms. The normalized spacial score (nSPS) is 10.6. The maximum atomic E-state index is 12.1. The SMILES string of the molecule is CN(C)C(=O)CCC(=O)Nc1oncc1-c1ccccc1.CN(CCC(=O)Nc1oncc1-c1ccccc1)S(C)(=O)=O.CS(=O)(=O)NCCC(=O)Nc1oncc1-c1ccccc1.N#Cc1ccc(-c2cnoc2N)cc1.O=C(Nc1oncc1-c1ccccc1)c1ccccc1.OCCNc1oncc1-c1ccccc1. The minimum absolute atomic E-state index is 0.00198. The monoisotopic (exact) mass is 1570 g/mol. The lowest BCUT2D eigenvalue weighted by Gasteiger charge is -2.13. The molecule has 6 aromatic heterocycles. The van der Waals surface area contributed by atoms with E-state index in [0.717, 1.165) is 66.9 Å². The first-order valence-corrected chi connectivity index (χ1v) is 38.1. The van der Waals surface area contributed by atoms with E-state index in [1.165, 1.54) is 24.3 Å². The Morgan fingerprint density at radius 1 is 0.425 bits per heavy atom. The highest BCUT2D eigenvalue weighted by molar-refractivity contribution is 7.88. The van der Waals surface area contributed by atoms with Gasteiger partial charge in [-0.25, -0.2) is 25.9 Å². The largest absolute Gasteiger partial charge is 0.395 e. The molecule has 6 heterocycles. The van der Waals surface area contributed by atoms with Crippen LogP contribution in [0.5, 0.6) is 0 Å². The molecule has 0 unspecified atom stereocenters. The summed E-state index contributed by atoms with van der Waals surface area (Å²) in [5, 5.41) is 53.0. The van der Waals surface area contributed by atoms with E-state index in [4.69, 9.17) is 43.2 Å². The van der Waals surface area contributed by atoms with Crippen molar-refractivity contribution < 1.29 is 73.1 Å². The van der Waals surface area contributed by atoms with Gasteiger partial charge in [0.1, 0.15) is 0 Å². The van der Waals surface area contributed by atoms with Crippen LogP contribution in [0.1, 0.15) is 41.6 Å². The number of rotatable bonds is 25. The summed E-state index contributed by atoms with van der Waals surface area (Å²) >= 11 is 0. The number of amides is 5. The van der Waals surface area contributed by atoms with Crippen molar-refractivity contribution in [3.05, 3.63) is 255 Å². The summed E-state index contributed by atoms with van der Waals surface area (Å²) in [7, 11) is -1.86. The van der Waals surface area contributed by atoms with Crippen LogP contribution in [0.3, 0.4) is 0 Å². The Morgan fingerprint density at radius 3 is 1.12 bits per heavy atom. The van der Waals surface area contributed by atoms with Gasteiger partial charge in [0.05, 0.1) is 101 Å². The summed E-state index contributed by atoms with van der Waals surface area (Å²) in [5.41, 5.74) is 16.7. The van der Waals surface area contributed by atoms with Crippen molar-refractivity contribution in [2.45, 2.75) is 25.7 Å². The molecule has 13 rings (SSSR count). The van der Waals surface area contributed by atoms with Crippen LogP contribution in [-0.4, -0.2) is 152 Å². The quantitative estimate of drug-likeness (QED) is 0.0263. The lowest BCUT2D eigenvalue weighted by atomic mass is 10.1. The topological polar surface area (TPSA) is 459 Å². The molecule has 32 nitrogen and oxygen atoms in total. The fourth-order valence-corrected chi connectivity index (χ4v) is 10.6. The van der Waals surface area contributed by atoms with Crippen LogP contribution in [0, 0.1) is 11.3 Å². The molecule has 0 aliphatic heterocycles. The number of anilines is 6. The third-order valence-corrected chi connectivity index (χ3v) is 17.7. The number of nitriles is 1. The number of sulfonamides is 2. The van der Waals surface area contributed by atoms with Gasteiger partial charge in [0.15, 0.2) is 0 Å². The Kier molecular flexibility index (Phi) is 32.4.